The van der Waals surface area contributed by atoms with Gasteiger partial charge in [0.2, 0.25) is 11.8 Å². The van der Waals surface area contributed by atoms with E-state index < -0.39 is 23.6 Å². The third kappa shape index (κ3) is 6.39. The molecule has 1 heterocycles. The lowest BCUT2D eigenvalue weighted by atomic mass is 10.1. The Kier molecular flexibility index (Phi) is 6.51. The Morgan fingerprint density at radius 3 is 2.46 bits per heavy atom. The number of amides is 4. The molecule has 1 aliphatic rings. The monoisotopic (exact) mass is 339 g/mol. The highest BCUT2D eigenvalue weighted by Gasteiger charge is 2.30. The van der Waals surface area contributed by atoms with Gasteiger partial charge >= 0.3 is 6.09 Å². The summed E-state index contributed by atoms with van der Waals surface area (Å²) in [6, 6.07) is -0.585. The largest absolute Gasteiger partial charge is 0.444 e. The SMILES string of the molecule is CC(=O)N1CC/C(=C\[C@H](CCC(N)=O)NC(=O)OC(C)(C)C)C1=O. The van der Waals surface area contributed by atoms with Crippen molar-refractivity contribution in [1.29, 1.82) is 0 Å². The molecule has 0 unspecified atom stereocenters. The number of nitrogens with one attached hydrogen (secondary N) is 1. The van der Waals surface area contributed by atoms with Crippen molar-refractivity contribution in [2.24, 2.45) is 5.73 Å². The van der Waals surface area contributed by atoms with E-state index in [0.29, 0.717) is 18.5 Å². The number of nitrogens with two attached hydrogens (primary N) is 1. The van der Waals surface area contributed by atoms with Gasteiger partial charge in [0, 0.05) is 25.5 Å². The molecule has 0 bridgehead atoms. The third-order valence-electron chi connectivity index (χ3n) is 3.31. The highest BCUT2D eigenvalue weighted by Crippen LogP contribution is 2.19. The van der Waals surface area contributed by atoms with Crippen molar-refractivity contribution in [2.45, 2.75) is 58.6 Å². The molecule has 0 aromatic rings. The molecule has 3 N–H and O–H groups in total. The lowest BCUT2D eigenvalue weighted by molar-refractivity contribution is -0.139. The maximum absolute atomic E-state index is 12.1. The number of hydrogen-bond acceptors (Lipinski definition) is 5. The van der Waals surface area contributed by atoms with Gasteiger partial charge in [-0.05, 0) is 33.6 Å². The molecule has 1 aliphatic heterocycles. The zero-order valence-corrected chi connectivity index (χ0v) is 14.5. The lowest BCUT2D eigenvalue weighted by Gasteiger charge is -2.22. The summed E-state index contributed by atoms with van der Waals surface area (Å²) in [5.74, 6) is -1.21. The molecule has 0 radical (unpaired) electrons. The van der Waals surface area contributed by atoms with E-state index in [-0.39, 0.29) is 24.7 Å². The van der Waals surface area contributed by atoms with Crippen molar-refractivity contribution >= 4 is 23.8 Å². The van der Waals surface area contributed by atoms with Gasteiger partial charge in [-0.25, -0.2) is 4.79 Å². The predicted molar refractivity (Wildman–Crippen MR) is 86.7 cm³/mol. The Balaban J connectivity index is 2.84. The molecular weight excluding hydrogens is 314 g/mol. The summed E-state index contributed by atoms with van der Waals surface area (Å²) in [4.78, 5) is 47.6. The van der Waals surface area contributed by atoms with Crippen LogP contribution in [0.3, 0.4) is 0 Å². The summed E-state index contributed by atoms with van der Waals surface area (Å²) in [6.07, 6.45) is 1.61. The number of carbonyl (C=O) groups excluding carboxylic acids is 4. The molecular formula is C16H25N3O5. The van der Waals surface area contributed by atoms with Gasteiger partial charge in [0.15, 0.2) is 0 Å². The second kappa shape index (κ2) is 7.94. The molecule has 134 valence electrons. The quantitative estimate of drug-likeness (QED) is 0.720. The van der Waals surface area contributed by atoms with Gasteiger partial charge in [-0.1, -0.05) is 6.08 Å². The van der Waals surface area contributed by atoms with E-state index in [2.05, 4.69) is 5.32 Å². The van der Waals surface area contributed by atoms with Crippen LogP contribution >= 0.6 is 0 Å². The van der Waals surface area contributed by atoms with E-state index in [4.69, 9.17) is 10.5 Å². The van der Waals surface area contributed by atoms with Crippen molar-refractivity contribution < 1.29 is 23.9 Å². The summed E-state index contributed by atoms with van der Waals surface area (Å²) in [7, 11) is 0. The summed E-state index contributed by atoms with van der Waals surface area (Å²) in [5, 5.41) is 2.62. The minimum atomic E-state index is -0.667. The fourth-order valence-electron chi connectivity index (χ4n) is 2.27. The van der Waals surface area contributed by atoms with Crippen LogP contribution in [0.25, 0.3) is 0 Å². The predicted octanol–water partition coefficient (Wildman–Crippen LogP) is 0.850. The highest BCUT2D eigenvalue weighted by molar-refractivity contribution is 6.05. The molecule has 1 rings (SSSR count). The summed E-state index contributed by atoms with van der Waals surface area (Å²) in [5.41, 5.74) is 4.91. The van der Waals surface area contributed by atoms with Crippen LogP contribution in [0.1, 0.15) is 47.0 Å². The first-order valence-electron chi connectivity index (χ1n) is 7.80. The van der Waals surface area contributed by atoms with Crippen molar-refractivity contribution in [2.75, 3.05) is 6.54 Å². The Bertz CT molecular complexity index is 563. The fraction of sp³-hybridized carbons (Fsp3) is 0.625. The Morgan fingerprint density at radius 2 is 2.00 bits per heavy atom. The van der Waals surface area contributed by atoms with Gasteiger partial charge in [-0.2, -0.15) is 0 Å². The fourth-order valence-corrected chi connectivity index (χ4v) is 2.27. The molecule has 1 atom stereocenters. The maximum Gasteiger partial charge on any atom is 0.408 e. The van der Waals surface area contributed by atoms with Crippen LogP contribution < -0.4 is 11.1 Å². The maximum atomic E-state index is 12.1. The Labute approximate surface area is 141 Å². The standard InChI is InChI=1S/C16H25N3O5/c1-10(20)19-8-7-11(14(19)22)9-12(5-6-13(17)21)18-15(23)24-16(2,3)4/h9,12H,5-8H2,1-4H3,(H2,17,21)(H,18,23)/b11-9+/t12-/m0/s1. The minimum Gasteiger partial charge on any atom is -0.444 e. The van der Waals surface area contributed by atoms with Crippen LogP contribution in [0.15, 0.2) is 11.6 Å². The summed E-state index contributed by atoms with van der Waals surface area (Å²) in [6.45, 7) is 6.83. The van der Waals surface area contributed by atoms with E-state index in [9.17, 15) is 19.2 Å². The van der Waals surface area contributed by atoms with Crippen LogP contribution in [0.2, 0.25) is 0 Å². The van der Waals surface area contributed by atoms with E-state index in [0.717, 1.165) is 4.90 Å². The normalized spacial score (nSPS) is 17.8. The average molecular weight is 339 g/mol. The molecule has 0 aromatic heterocycles. The van der Waals surface area contributed by atoms with Crippen molar-refractivity contribution in [3.05, 3.63) is 11.6 Å². The molecule has 0 spiro atoms. The summed E-state index contributed by atoms with van der Waals surface area (Å²) >= 11 is 0. The van der Waals surface area contributed by atoms with E-state index in [1.165, 1.54) is 6.92 Å². The van der Waals surface area contributed by atoms with Crippen LogP contribution in [0.5, 0.6) is 0 Å². The molecule has 8 heteroatoms. The molecule has 8 nitrogen and oxygen atoms in total. The van der Waals surface area contributed by atoms with Crippen LogP contribution in [0.4, 0.5) is 4.79 Å². The Hall–Kier alpha value is -2.38. The molecule has 24 heavy (non-hydrogen) atoms. The topological polar surface area (TPSA) is 119 Å². The molecule has 0 saturated carbocycles. The molecule has 0 aliphatic carbocycles. The van der Waals surface area contributed by atoms with Crippen molar-refractivity contribution in [3.8, 4) is 0 Å². The van der Waals surface area contributed by atoms with E-state index in [1.54, 1.807) is 26.8 Å². The number of imide groups is 1. The number of ether oxygens (including phenoxy) is 1. The smallest absolute Gasteiger partial charge is 0.408 e. The highest BCUT2D eigenvalue weighted by atomic mass is 16.6. The van der Waals surface area contributed by atoms with Crippen LogP contribution in [0, 0.1) is 0 Å². The van der Waals surface area contributed by atoms with Gasteiger partial charge < -0.3 is 15.8 Å². The first-order valence-corrected chi connectivity index (χ1v) is 7.80. The number of primary amides is 1. The van der Waals surface area contributed by atoms with E-state index >= 15 is 0 Å². The minimum absolute atomic E-state index is 0.0505. The average Bonchev–Trinajstić information content (AvgIpc) is 2.75. The molecule has 0 aromatic carbocycles. The second-order valence-corrected chi connectivity index (χ2v) is 6.68. The first kappa shape index (κ1) is 19.7. The van der Waals surface area contributed by atoms with Gasteiger partial charge in [-0.15, -0.1) is 0 Å². The number of likely N-dealkylation sites (tertiary alicyclic amines) is 1. The zero-order valence-electron chi connectivity index (χ0n) is 14.5. The van der Waals surface area contributed by atoms with Crippen LogP contribution in [-0.2, 0) is 19.1 Å². The number of rotatable bonds is 5. The first-order chi connectivity index (χ1) is 11.0. The van der Waals surface area contributed by atoms with Gasteiger partial charge in [-0.3, -0.25) is 19.3 Å². The second-order valence-electron chi connectivity index (χ2n) is 6.68. The van der Waals surface area contributed by atoms with Crippen molar-refractivity contribution in [1.82, 2.24) is 10.2 Å². The summed E-state index contributed by atoms with van der Waals surface area (Å²) < 4.78 is 5.18. The van der Waals surface area contributed by atoms with Crippen LogP contribution in [-0.4, -0.2) is 46.9 Å². The Morgan fingerprint density at radius 1 is 1.38 bits per heavy atom. The number of nitrogens with zero attached hydrogens (tertiary/aromatic N) is 1. The molecule has 4 amide bonds. The van der Waals surface area contributed by atoms with Gasteiger partial charge in [0.25, 0.3) is 5.91 Å². The van der Waals surface area contributed by atoms with E-state index in [1.807, 2.05) is 0 Å². The third-order valence-corrected chi connectivity index (χ3v) is 3.31. The molecule has 1 fully saturated rings. The molecule has 1 saturated heterocycles. The van der Waals surface area contributed by atoms with Gasteiger partial charge in [0.1, 0.15) is 5.60 Å². The number of hydrogen-bond donors (Lipinski definition) is 2. The number of alkyl carbamates (subject to hydrolysis) is 1. The zero-order chi connectivity index (χ0) is 18.5. The number of carbonyl (C=O) groups is 4. The van der Waals surface area contributed by atoms with Gasteiger partial charge in [0.05, 0.1) is 6.04 Å². The lowest BCUT2D eigenvalue weighted by Crippen LogP contribution is -2.39. The van der Waals surface area contributed by atoms with Crippen molar-refractivity contribution in [3.63, 3.8) is 0 Å².